The van der Waals surface area contributed by atoms with Crippen molar-refractivity contribution >= 4 is 23.5 Å². The van der Waals surface area contributed by atoms with E-state index in [0.29, 0.717) is 5.92 Å². The van der Waals surface area contributed by atoms with Crippen LogP contribution in [0.1, 0.15) is 6.92 Å². The van der Waals surface area contributed by atoms with E-state index in [-0.39, 0.29) is 0 Å². The third-order valence-corrected chi connectivity index (χ3v) is 3.62. The predicted molar refractivity (Wildman–Crippen MR) is 57.2 cm³/mol. The lowest BCUT2D eigenvalue weighted by molar-refractivity contribution is 0.959. The van der Waals surface area contributed by atoms with Crippen LogP contribution in [0.2, 0.25) is 0 Å². The molecule has 0 N–H and O–H groups in total. The fourth-order valence-electron chi connectivity index (χ4n) is 1.10. The molecule has 11 heavy (non-hydrogen) atoms. The Labute approximate surface area is 77.5 Å². The molecule has 1 rings (SSSR count). The van der Waals surface area contributed by atoms with Gasteiger partial charge in [-0.3, -0.25) is 0 Å². The Bertz CT molecular complexity index is 170. The Balaban J connectivity index is 2.34. The first-order valence-corrected chi connectivity index (χ1v) is 6.26. The number of hydrogen-bond acceptors (Lipinski definition) is 2. The maximum absolute atomic E-state index is 2.30. The molecule has 1 atom stereocenters. The molecule has 1 aliphatic carbocycles. The first kappa shape index (κ1) is 9.27. The van der Waals surface area contributed by atoms with Gasteiger partial charge in [-0.1, -0.05) is 25.2 Å². The maximum atomic E-state index is 2.30. The van der Waals surface area contributed by atoms with E-state index >= 15 is 0 Å². The molecule has 0 radical (unpaired) electrons. The zero-order valence-corrected chi connectivity index (χ0v) is 8.67. The summed E-state index contributed by atoms with van der Waals surface area (Å²) in [5.41, 5.74) is 0. The first-order valence-electron chi connectivity index (χ1n) is 3.88. The quantitative estimate of drug-likeness (QED) is 0.661. The van der Waals surface area contributed by atoms with Gasteiger partial charge in [0.15, 0.2) is 0 Å². The van der Waals surface area contributed by atoms with Gasteiger partial charge in [-0.2, -0.15) is 11.8 Å². The van der Waals surface area contributed by atoms with E-state index in [1.165, 1.54) is 16.4 Å². The molecule has 0 aromatic heterocycles. The summed E-state index contributed by atoms with van der Waals surface area (Å²) in [5, 5.41) is 0. The zero-order chi connectivity index (χ0) is 8.10. The summed E-state index contributed by atoms with van der Waals surface area (Å²) >= 11 is 3.90. The molecular formula is C9H14S2. The van der Waals surface area contributed by atoms with Crippen LogP contribution in [0.5, 0.6) is 0 Å². The van der Waals surface area contributed by atoms with Gasteiger partial charge in [-0.25, -0.2) is 0 Å². The Morgan fingerprint density at radius 3 is 3.00 bits per heavy atom. The molecule has 0 fully saturated rings. The summed E-state index contributed by atoms with van der Waals surface area (Å²) < 4.78 is 0. The van der Waals surface area contributed by atoms with Crippen LogP contribution in [0.25, 0.3) is 0 Å². The molecular weight excluding hydrogens is 172 g/mol. The van der Waals surface area contributed by atoms with Gasteiger partial charge in [-0.15, -0.1) is 11.8 Å². The second-order valence-corrected chi connectivity index (χ2v) is 4.62. The lowest BCUT2D eigenvalue weighted by Crippen LogP contribution is -1.98. The Hall–Kier alpha value is 0.180. The van der Waals surface area contributed by atoms with Crippen molar-refractivity contribution in [2.24, 2.45) is 5.92 Å². The van der Waals surface area contributed by atoms with Crippen molar-refractivity contribution in [1.29, 1.82) is 0 Å². The van der Waals surface area contributed by atoms with Gasteiger partial charge in [0.2, 0.25) is 0 Å². The highest BCUT2D eigenvalue weighted by molar-refractivity contribution is 8.02. The molecule has 0 bridgehead atoms. The summed E-state index contributed by atoms with van der Waals surface area (Å²) in [4.78, 5) is 1.52. The summed E-state index contributed by atoms with van der Waals surface area (Å²) in [7, 11) is 0. The molecule has 0 saturated carbocycles. The Kier molecular flexibility index (Phi) is 4.16. The van der Waals surface area contributed by atoms with E-state index < -0.39 is 0 Å². The van der Waals surface area contributed by atoms with Gasteiger partial charge < -0.3 is 0 Å². The molecule has 0 aromatic carbocycles. The molecule has 0 aliphatic heterocycles. The summed E-state index contributed by atoms with van der Waals surface area (Å²) in [6.45, 7) is 2.21. The summed E-state index contributed by atoms with van der Waals surface area (Å²) in [6.07, 6.45) is 8.86. The van der Waals surface area contributed by atoms with Crippen molar-refractivity contribution in [3.63, 3.8) is 0 Å². The number of hydrogen-bond donors (Lipinski definition) is 0. The third kappa shape index (κ3) is 2.60. The van der Waals surface area contributed by atoms with Crippen LogP contribution < -0.4 is 0 Å². The average Bonchev–Trinajstić information content (AvgIpc) is 2.47. The van der Waals surface area contributed by atoms with Crippen LogP contribution in [0.4, 0.5) is 0 Å². The molecule has 1 aliphatic rings. The van der Waals surface area contributed by atoms with Crippen LogP contribution in [-0.4, -0.2) is 17.8 Å². The van der Waals surface area contributed by atoms with Gasteiger partial charge in [0.05, 0.1) is 0 Å². The van der Waals surface area contributed by atoms with E-state index in [9.17, 15) is 0 Å². The van der Waals surface area contributed by atoms with E-state index in [1.807, 2.05) is 23.5 Å². The highest BCUT2D eigenvalue weighted by atomic mass is 32.2. The highest BCUT2D eigenvalue weighted by Crippen LogP contribution is 2.30. The molecule has 2 heteroatoms. The standard InChI is InChI=1S/C9H14S2/c1-3-11-7-8-5-4-6-9(8)10-2/h4-6,8H,3,7H2,1-2H3. The molecule has 0 saturated heterocycles. The topological polar surface area (TPSA) is 0 Å². The van der Waals surface area contributed by atoms with E-state index in [4.69, 9.17) is 0 Å². The van der Waals surface area contributed by atoms with Gasteiger partial charge in [-0.05, 0) is 16.9 Å². The van der Waals surface area contributed by atoms with Gasteiger partial charge >= 0.3 is 0 Å². The second kappa shape index (κ2) is 4.94. The van der Waals surface area contributed by atoms with Gasteiger partial charge in [0.25, 0.3) is 0 Å². The van der Waals surface area contributed by atoms with Crippen molar-refractivity contribution in [3.8, 4) is 0 Å². The van der Waals surface area contributed by atoms with Crippen LogP contribution >= 0.6 is 23.5 Å². The molecule has 0 heterocycles. The van der Waals surface area contributed by atoms with E-state index in [0.717, 1.165) is 0 Å². The number of thioether (sulfide) groups is 2. The minimum absolute atomic E-state index is 0.704. The average molecular weight is 186 g/mol. The normalized spacial score (nSPS) is 22.4. The van der Waals surface area contributed by atoms with Crippen molar-refractivity contribution < 1.29 is 0 Å². The fourth-order valence-corrected chi connectivity index (χ4v) is 2.67. The predicted octanol–water partition coefficient (Wildman–Crippen LogP) is 3.17. The Morgan fingerprint density at radius 1 is 1.55 bits per heavy atom. The second-order valence-electron chi connectivity index (χ2n) is 2.42. The smallest absolute Gasteiger partial charge is 0.0172 e. The van der Waals surface area contributed by atoms with Crippen LogP contribution in [0.3, 0.4) is 0 Å². The van der Waals surface area contributed by atoms with Gasteiger partial charge in [0.1, 0.15) is 0 Å². The maximum Gasteiger partial charge on any atom is 0.0172 e. The van der Waals surface area contributed by atoms with Crippen molar-refractivity contribution in [1.82, 2.24) is 0 Å². The molecule has 0 spiro atoms. The number of rotatable bonds is 4. The van der Waals surface area contributed by atoms with Crippen molar-refractivity contribution in [2.75, 3.05) is 17.8 Å². The lowest BCUT2D eigenvalue weighted by atomic mass is 10.2. The molecule has 0 amide bonds. The molecule has 0 nitrogen and oxygen atoms in total. The Morgan fingerprint density at radius 2 is 2.36 bits per heavy atom. The monoisotopic (exact) mass is 186 g/mol. The van der Waals surface area contributed by atoms with Crippen LogP contribution in [0, 0.1) is 5.92 Å². The largest absolute Gasteiger partial charge is 0.161 e. The van der Waals surface area contributed by atoms with Crippen molar-refractivity contribution in [2.45, 2.75) is 6.92 Å². The molecule has 1 unspecified atom stereocenters. The lowest BCUT2D eigenvalue weighted by Gasteiger charge is -2.09. The van der Waals surface area contributed by atoms with Crippen LogP contribution in [-0.2, 0) is 0 Å². The van der Waals surface area contributed by atoms with E-state index in [2.05, 4.69) is 31.4 Å². The van der Waals surface area contributed by atoms with E-state index in [1.54, 1.807) is 0 Å². The third-order valence-electron chi connectivity index (χ3n) is 1.71. The zero-order valence-electron chi connectivity index (χ0n) is 7.04. The van der Waals surface area contributed by atoms with Gasteiger partial charge in [0, 0.05) is 11.7 Å². The van der Waals surface area contributed by atoms with Crippen LogP contribution in [0.15, 0.2) is 23.1 Å². The van der Waals surface area contributed by atoms with Crippen molar-refractivity contribution in [3.05, 3.63) is 23.1 Å². The SMILES string of the molecule is CCSCC1C=CC=C1SC. The first-order chi connectivity index (χ1) is 5.38. The minimum atomic E-state index is 0.704. The fraction of sp³-hybridized carbons (Fsp3) is 0.556. The number of allylic oxidation sites excluding steroid dienone is 4. The minimum Gasteiger partial charge on any atom is -0.161 e. The highest BCUT2D eigenvalue weighted by Gasteiger charge is 2.12. The molecule has 62 valence electrons. The summed E-state index contributed by atoms with van der Waals surface area (Å²) in [5.74, 6) is 3.18. The molecule has 0 aromatic rings. The summed E-state index contributed by atoms with van der Waals surface area (Å²) in [6, 6.07) is 0.